The van der Waals surface area contributed by atoms with Gasteiger partial charge in [0.2, 0.25) is 0 Å². The van der Waals surface area contributed by atoms with Crippen LogP contribution in [0.3, 0.4) is 0 Å². The van der Waals surface area contributed by atoms with E-state index in [0.717, 1.165) is 11.1 Å². The molecule has 1 heterocycles. The molecule has 1 amide bonds. The number of ether oxygens (including phenoxy) is 1. The molecule has 5 nitrogen and oxygen atoms in total. The number of carbonyl (C=O) groups is 2. The molecule has 0 radical (unpaired) electrons. The molecule has 0 aliphatic rings. The summed E-state index contributed by atoms with van der Waals surface area (Å²) in [6.07, 6.45) is 2.95. The molecule has 1 aromatic carbocycles. The maximum Gasteiger partial charge on any atom is 0.340 e. The number of amides is 1. The average Bonchev–Trinajstić information content (AvgIpc) is 2.49. The first-order chi connectivity index (χ1) is 10.1. The second-order valence-corrected chi connectivity index (χ2v) is 4.67. The number of aromatic nitrogens is 1. The molecule has 21 heavy (non-hydrogen) atoms. The Bertz CT molecular complexity index is 654. The number of hydrogen-bond acceptors (Lipinski definition) is 4. The van der Waals surface area contributed by atoms with Gasteiger partial charge in [0.15, 0.2) is 6.61 Å². The van der Waals surface area contributed by atoms with E-state index in [-0.39, 0.29) is 12.5 Å². The molecule has 0 spiro atoms. The largest absolute Gasteiger partial charge is 0.452 e. The van der Waals surface area contributed by atoms with Crippen LogP contribution in [0.2, 0.25) is 0 Å². The van der Waals surface area contributed by atoms with Crippen LogP contribution in [-0.2, 0) is 9.53 Å². The Hall–Kier alpha value is -2.69. The molecule has 0 atom stereocenters. The van der Waals surface area contributed by atoms with E-state index in [1.54, 1.807) is 18.3 Å². The second kappa shape index (κ2) is 6.65. The number of carbonyl (C=O) groups excluding carboxylic acids is 2. The number of hydrogen-bond donors (Lipinski definition) is 1. The van der Waals surface area contributed by atoms with Crippen molar-refractivity contribution in [3.05, 3.63) is 59.4 Å². The van der Waals surface area contributed by atoms with Crippen molar-refractivity contribution in [3.8, 4) is 0 Å². The standard InChI is InChI=1S/C16H16N2O3/c1-11-5-6-14(8-12(11)2)18-15(19)10-21-16(20)13-4-3-7-17-9-13/h3-9H,10H2,1-2H3,(H,18,19). The summed E-state index contributed by atoms with van der Waals surface area (Å²) in [6.45, 7) is 3.63. The van der Waals surface area contributed by atoms with E-state index in [1.807, 2.05) is 32.0 Å². The highest BCUT2D eigenvalue weighted by molar-refractivity contribution is 5.95. The molecule has 2 rings (SSSR count). The highest BCUT2D eigenvalue weighted by Crippen LogP contribution is 2.14. The Morgan fingerprint density at radius 1 is 1.19 bits per heavy atom. The Morgan fingerprint density at radius 3 is 2.67 bits per heavy atom. The van der Waals surface area contributed by atoms with Gasteiger partial charge in [-0.1, -0.05) is 6.07 Å². The number of pyridine rings is 1. The van der Waals surface area contributed by atoms with Crippen LogP contribution in [0, 0.1) is 13.8 Å². The first-order valence-electron chi connectivity index (χ1n) is 6.50. The van der Waals surface area contributed by atoms with Crippen LogP contribution in [-0.4, -0.2) is 23.5 Å². The lowest BCUT2D eigenvalue weighted by atomic mass is 10.1. The van der Waals surface area contributed by atoms with Gasteiger partial charge in [-0.3, -0.25) is 9.78 Å². The van der Waals surface area contributed by atoms with Crippen LogP contribution in [0.25, 0.3) is 0 Å². The summed E-state index contributed by atoms with van der Waals surface area (Å²) < 4.78 is 4.93. The quantitative estimate of drug-likeness (QED) is 0.876. The van der Waals surface area contributed by atoms with Crippen LogP contribution in [0.4, 0.5) is 5.69 Å². The van der Waals surface area contributed by atoms with E-state index in [2.05, 4.69) is 10.3 Å². The maximum atomic E-state index is 11.7. The number of benzene rings is 1. The van der Waals surface area contributed by atoms with E-state index in [0.29, 0.717) is 11.3 Å². The zero-order valence-electron chi connectivity index (χ0n) is 11.9. The van der Waals surface area contributed by atoms with Crippen LogP contribution in [0.15, 0.2) is 42.7 Å². The summed E-state index contributed by atoms with van der Waals surface area (Å²) >= 11 is 0. The van der Waals surface area contributed by atoms with Crippen molar-refractivity contribution >= 4 is 17.6 Å². The van der Waals surface area contributed by atoms with Crippen LogP contribution < -0.4 is 5.32 Å². The average molecular weight is 284 g/mol. The van der Waals surface area contributed by atoms with Crippen molar-refractivity contribution in [1.29, 1.82) is 0 Å². The van der Waals surface area contributed by atoms with Crippen LogP contribution >= 0.6 is 0 Å². The third-order valence-electron chi connectivity index (χ3n) is 3.02. The first-order valence-corrected chi connectivity index (χ1v) is 6.50. The van der Waals surface area contributed by atoms with Crippen molar-refractivity contribution < 1.29 is 14.3 Å². The molecule has 0 aliphatic carbocycles. The van der Waals surface area contributed by atoms with Crippen molar-refractivity contribution in [2.45, 2.75) is 13.8 Å². The molecule has 0 saturated heterocycles. The normalized spacial score (nSPS) is 10.0. The van der Waals surface area contributed by atoms with Gasteiger partial charge in [-0.15, -0.1) is 0 Å². The summed E-state index contributed by atoms with van der Waals surface area (Å²) in [5.41, 5.74) is 3.23. The minimum absolute atomic E-state index is 0.316. The molecule has 5 heteroatoms. The van der Waals surface area contributed by atoms with E-state index >= 15 is 0 Å². The van der Waals surface area contributed by atoms with Gasteiger partial charge in [0.05, 0.1) is 5.56 Å². The Balaban J connectivity index is 1.87. The molecule has 1 N–H and O–H groups in total. The first kappa shape index (κ1) is 14.7. The molecular weight excluding hydrogens is 268 g/mol. The topological polar surface area (TPSA) is 68.3 Å². The highest BCUT2D eigenvalue weighted by atomic mass is 16.5. The summed E-state index contributed by atoms with van der Waals surface area (Å²) in [7, 11) is 0. The van der Waals surface area contributed by atoms with Gasteiger partial charge in [0.25, 0.3) is 5.91 Å². The number of nitrogens with zero attached hydrogens (tertiary/aromatic N) is 1. The molecule has 1 aromatic heterocycles. The fourth-order valence-electron chi connectivity index (χ4n) is 1.71. The van der Waals surface area contributed by atoms with Gasteiger partial charge in [-0.2, -0.15) is 0 Å². The van der Waals surface area contributed by atoms with Gasteiger partial charge >= 0.3 is 5.97 Å². The molecule has 2 aromatic rings. The van der Waals surface area contributed by atoms with Gasteiger partial charge in [0, 0.05) is 18.1 Å². The van der Waals surface area contributed by atoms with Crippen molar-refractivity contribution in [1.82, 2.24) is 4.98 Å². The lowest BCUT2D eigenvalue weighted by molar-refractivity contribution is -0.119. The summed E-state index contributed by atoms with van der Waals surface area (Å²) in [5, 5.41) is 2.69. The molecule has 0 aliphatic heterocycles. The SMILES string of the molecule is Cc1ccc(NC(=O)COC(=O)c2cccnc2)cc1C. The van der Waals surface area contributed by atoms with Gasteiger partial charge in [-0.05, 0) is 49.2 Å². The molecule has 0 unspecified atom stereocenters. The van der Waals surface area contributed by atoms with E-state index in [4.69, 9.17) is 4.74 Å². The summed E-state index contributed by atoms with van der Waals surface area (Å²) in [5.74, 6) is -0.950. The molecule has 0 fully saturated rings. The molecular formula is C16H16N2O3. The minimum atomic E-state index is -0.571. The lowest BCUT2D eigenvalue weighted by Gasteiger charge is -2.08. The summed E-state index contributed by atoms with van der Waals surface area (Å²) in [4.78, 5) is 27.2. The zero-order chi connectivity index (χ0) is 15.2. The van der Waals surface area contributed by atoms with Gasteiger partial charge in [0.1, 0.15) is 0 Å². The number of esters is 1. The summed E-state index contributed by atoms with van der Waals surface area (Å²) in [6, 6.07) is 8.81. The number of rotatable bonds is 4. The fourth-order valence-corrected chi connectivity index (χ4v) is 1.71. The third-order valence-corrected chi connectivity index (χ3v) is 3.02. The Labute approximate surface area is 123 Å². The van der Waals surface area contributed by atoms with Crippen LogP contribution in [0.5, 0.6) is 0 Å². The third kappa shape index (κ3) is 4.14. The molecule has 0 bridgehead atoms. The highest BCUT2D eigenvalue weighted by Gasteiger charge is 2.10. The lowest BCUT2D eigenvalue weighted by Crippen LogP contribution is -2.21. The van der Waals surface area contributed by atoms with E-state index in [9.17, 15) is 9.59 Å². The van der Waals surface area contributed by atoms with E-state index < -0.39 is 5.97 Å². The second-order valence-electron chi connectivity index (χ2n) is 4.67. The fraction of sp³-hybridized carbons (Fsp3) is 0.188. The van der Waals surface area contributed by atoms with Crippen molar-refractivity contribution in [3.63, 3.8) is 0 Å². The maximum absolute atomic E-state index is 11.7. The Kier molecular flexibility index (Phi) is 4.66. The van der Waals surface area contributed by atoms with Gasteiger partial charge in [-0.25, -0.2) is 4.79 Å². The number of nitrogens with one attached hydrogen (secondary N) is 1. The monoisotopic (exact) mass is 284 g/mol. The molecule has 0 saturated carbocycles. The number of anilines is 1. The van der Waals surface area contributed by atoms with Crippen LogP contribution in [0.1, 0.15) is 21.5 Å². The predicted octanol–water partition coefficient (Wildman–Crippen LogP) is 2.49. The minimum Gasteiger partial charge on any atom is -0.452 e. The smallest absolute Gasteiger partial charge is 0.340 e. The molecule has 108 valence electrons. The van der Waals surface area contributed by atoms with Gasteiger partial charge < -0.3 is 10.1 Å². The zero-order valence-corrected chi connectivity index (χ0v) is 11.9. The van der Waals surface area contributed by atoms with Crippen molar-refractivity contribution in [2.75, 3.05) is 11.9 Å². The predicted molar refractivity (Wildman–Crippen MR) is 79.1 cm³/mol. The van der Waals surface area contributed by atoms with Crippen molar-refractivity contribution in [2.24, 2.45) is 0 Å². The number of aryl methyl sites for hydroxylation is 2. The van der Waals surface area contributed by atoms with E-state index in [1.165, 1.54) is 6.20 Å². The Morgan fingerprint density at radius 2 is 2.00 bits per heavy atom.